The molecule has 1 aromatic heterocycles. The summed E-state index contributed by atoms with van der Waals surface area (Å²) in [5, 5.41) is 3.54. The van der Waals surface area contributed by atoms with Crippen LogP contribution in [-0.4, -0.2) is 6.54 Å². The van der Waals surface area contributed by atoms with Crippen LogP contribution < -0.4 is 5.32 Å². The zero-order valence-electron chi connectivity index (χ0n) is 10.0. The first-order valence-electron chi connectivity index (χ1n) is 5.66. The number of rotatable bonds is 4. The molecule has 2 aromatic rings. The Morgan fingerprint density at radius 2 is 1.84 bits per heavy atom. The minimum atomic E-state index is 0.161. The Kier molecular flexibility index (Phi) is 6.11. The molecule has 0 aliphatic carbocycles. The van der Waals surface area contributed by atoms with Crippen molar-refractivity contribution in [3.63, 3.8) is 0 Å². The predicted octanol–water partition coefficient (Wildman–Crippen LogP) is 6.50. The van der Waals surface area contributed by atoms with E-state index in [9.17, 15) is 0 Å². The fourth-order valence-corrected chi connectivity index (χ4v) is 5.63. The highest BCUT2D eigenvalue weighted by atomic mass is 79.9. The molecule has 1 heterocycles. The molecular formula is C13H11Br4NS. The number of halogens is 4. The van der Waals surface area contributed by atoms with Crippen LogP contribution in [0.15, 0.2) is 40.8 Å². The lowest BCUT2D eigenvalue weighted by Gasteiger charge is -2.20. The van der Waals surface area contributed by atoms with Crippen LogP contribution in [0.2, 0.25) is 0 Å². The highest BCUT2D eigenvalue weighted by Crippen LogP contribution is 2.40. The van der Waals surface area contributed by atoms with Crippen molar-refractivity contribution in [3.8, 4) is 0 Å². The van der Waals surface area contributed by atoms with Gasteiger partial charge in [0.05, 0.1) is 13.6 Å². The summed E-state index contributed by atoms with van der Waals surface area (Å²) in [7, 11) is 0. The minimum Gasteiger partial charge on any atom is -0.306 e. The van der Waals surface area contributed by atoms with Crippen molar-refractivity contribution in [2.75, 3.05) is 6.54 Å². The average molecular weight is 533 g/mol. The van der Waals surface area contributed by atoms with Crippen LogP contribution >= 0.6 is 75.1 Å². The van der Waals surface area contributed by atoms with E-state index >= 15 is 0 Å². The largest absolute Gasteiger partial charge is 0.306 e. The summed E-state index contributed by atoms with van der Waals surface area (Å²) in [5.74, 6) is 0. The summed E-state index contributed by atoms with van der Waals surface area (Å²) < 4.78 is 4.47. The smallest absolute Gasteiger partial charge is 0.0761 e. The second kappa shape index (κ2) is 7.18. The third-order valence-electron chi connectivity index (χ3n) is 2.67. The molecule has 0 radical (unpaired) electrons. The maximum absolute atomic E-state index is 3.65. The van der Waals surface area contributed by atoms with Gasteiger partial charge in [0, 0.05) is 8.95 Å². The van der Waals surface area contributed by atoms with Crippen molar-refractivity contribution in [1.82, 2.24) is 5.32 Å². The molecule has 0 saturated heterocycles. The standard InChI is InChI=1S/C13H11Br4NS/c1-2-18-12(9-6-11(16)19-13(9)17)8-5-7(14)3-4-10(8)15/h3-6,12,18H,2H2,1H3. The van der Waals surface area contributed by atoms with Crippen molar-refractivity contribution in [2.45, 2.75) is 13.0 Å². The molecule has 1 N–H and O–H groups in total. The third-order valence-corrected chi connectivity index (χ3v) is 6.27. The molecule has 1 atom stereocenters. The summed E-state index contributed by atoms with van der Waals surface area (Å²) in [6, 6.07) is 8.58. The topological polar surface area (TPSA) is 12.0 Å². The van der Waals surface area contributed by atoms with Crippen molar-refractivity contribution < 1.29 is 0 Å². The van der Waals surface area contributed by atoms with E-state index in [1.54, 1.807) is 11.3 Å². The van der Waals surface area contributed by atoms with Crippen LogP contribution in [0.3, 0.4) is 0 Å². The van der Waals surface area contributed by atoms with Crippen LogP contribution in [-0.2, 0) is 0 Å². The number of thiophene rings is 1. The van der Waals surface area contributed by atoms with Crippen LogP contribution in [0, 0.1) is 0 Å². The zero-order chi connectivity index (χ0) is 14.0. The van der Waals surface area contributed by atoms with Gasteiger partial charge in [-0.2, -0.15) is 0 Å². The molecule has 0 aliphatic rings. The van der Waals surface area contributed by atoms with Gasteiger partial charge in [0.1, 0.15) is 0 Å². The van der Waals surface area contributed by atoms with Gasteiger partial charge in [-0.1, -0.05) is 38.8 Å². The van der Waals surface area contributed by atoms with Gasteiger partial charge in [-0.15, -0.1) is 11.3 Å². The molecule has 0 saturated carbocycles. The summed E-state index contributed by atoms with van der Waals surface area (Å²) in [5.41, 5.74) is 2.47. The highest BCUT2D eigenvalue weighted by Gasteiger charge is 2.20. The quantitative estimate of drug-likeness (QED) is 0.474. The molecule has 102 valence electrons. The van der Waals surface area contributed by atoms with E-state index in [1.165, 1.54) is 11.1 Å². The lowest BCUT2D eigenvalue weighted by Crippen LogP contribution is -2.22. The first kappa shape index (κ1) is 16.2. The Morgan fingerprint density at radius 1 is 1.11 bits per heavy atom. The van der Waals surface area contributed by atoms with Gasteiger partial charge in [-0.05, 0) is 73.8 Å². The van der Waals surface area contributed by atoms with E-state index in [1.807, 2.05) is 6.07 Å². The third kappa shape index (κ3) is 3.92. The van der Waals surface area contributed by atoms with Gasteiger partial charge in [0.25, 0.3) is 0 Å². The fraction of sp³-hybridized carbons (Fsp3) is 0.231. The first-order chi connectivity index (χ1) is 9.02. The van der Waals surface area contributed by atoms with E-state index in [4.69, 9.17) is 0 Å². The Morgan fingerprint density at radius 3 is 2.42 bits per heavy atom. The zero-order valence-corrected chi connectivity index (χ0v) is 17.2. The van der Waals surface area contributed by atoms with Gasteiger partial charge in [0.15, 0.2) is 0 Å². The van der Waals surface area contributed by atoms with E-state index in [0.717, 1.165) is 23.1 Å². The molecule has 0 spiro atoms. The molecule has 0 fully saturated rings. The second-order valence-electron chi connectivity index (χ2n) is 3.94. The SMILES string of the molecule is CCNC(c1cc(Br)ccc1Br)c1cc(Br)sc1Br. The van der Waals surface area contributed by atoms with Gasteiger partial charge >= 0.3 is 0 Å². The summed E-state index contributed by atoms with van der Waals surface area (Å²) in [4.78, 5) is 0. The van der Waals surface area contributed by atoms with Gasteiger partial charge < -0.3 is 5.32 Å². The molecule has 19 heavy (non-hydrogen) atoms. The Hall–Kier alpha value is 0.800. The monoisotopic (exact) mass is 529 g/mol. The Balaban J connectivity index is 2.51. The maximum atomic E-state index is 3.65. The molecule has 1 nitrogen and oxygen atoms in total. The number of benzene rings is 1. The normalized spacial score (nSPS) is 12.7. The lowest BCUT2D eigenvalue weighted by molar-refractivity contribution is 0.628. The summed E-state index contributed by atoms with van der Waals surface area (Å²) in [6.45, 7) is 3.03. The molecule has 0 bridgehead atoms. The van der Waals surface area contributed by atoms with Crippen LogP contribution in [0.4, 0.5) is 0 Å². The van der Waals surface area contributed by atoms with Gasteiger partial charge in [-0.3, -0.25) is 0 Å². The highest BCUT2D eigenvalue weighted by molar-refractivity contribution is 9.12. The molecular weight excluding hydrogens is 522 g/mol. The fourth-order valence-electron chi connectivity index (χ4n) is 1.88. The van der Waals surface area contributed by atoms with Gasteiger partial charge in [0.2, 0.25) is 0 Å². The minimum absolute atomic E-state index is 0.161. The average Bonchev–Trinajstić information content (AvgIpc) is 2.69. The number of hydrogen-bond donors (Lipinski definition) is 1. The van der Waals surface area contributed by atoms with E-state index < -0.39 is 0 Å². The Labute approximate surface area is 150 Å². The van der Waals surface area contributed by atoms with Crippen LogP contribution in [0.1, 0.15) is 24.1 Å². The van der Waals surface area contributed by atoms with E-state index in [2.05, 4.69) is 94.2 Å². The van der Waals surface area contributed by atoms with E-state index in [0.29, 0.717) is 0 Å². The molecule has 6 heteroatoms. The summed E-state index contributed by atoms with van der Waals surface area (Å²) in [6.07, 6.45) is 0. The maximum Gasteiger partial charge on any atom is 0.0761 e. The van der Waals surface area contributed by atoms with Gasteiger partial charge in [-0.25, -0.2) is 0 Å². The predicted molar refractivity (Wildman–Crippen MR) is 97.1 cm³/mol. The lowest BCUT2D eigenvalue weighted by atomic mass is 10.0. The van der Waals surface area contributed by atoms with Crippen molar-refractivity contribution in [3.05, 3.63) is 51.9 Å². The van der Waals surface area contributed by atoms with Crippen molar-refractivity contribution in [1.29, 1.82) is 0 Å². The summed E-state index contributed by atoms with van der Waals surface area (Å²) >= 11 is 16.1. The van der Waals surface area contributed by atoms with E-state index in [-0.39, 0.29) is 6.04 Å². The molecule has 2 rings (SSSR count). The number of hydrogen-bond acceptors (Lipinski definition) is 2. The van der Waals surface area contributed by atoms with Crippen molar-refractivity contribution >= 4 is 75.1 Å². The second-order valence-corrected chi connectivity index (χ2v) is 9.46. The van der Waals surface area contributed by atoms with Crippen LogP contribution in [0.25, 0.3) is 0 Å². The van der Waals surface area contributed by atoms with Crippen molar-refractivity contribution in [2.24, 2.45) is 0 Å². The van der Waals surface area contributed by atoms with Crippen LogP contribution in [0.5, 0.6) is 0 Å². The first-order valence-corrected chi connectivity index (χ1v) is 9.64. The molecule has 1 aromatic carbocycles. The number of nitrogens with one attached hydrogen (secondary N) is 1. The molecule has 0 amide bonds. The Bertz CT molecular complexity index is 582. The molecule has 1 unspecified atom stereocenters. The molecule has 0 aliphatic heterocycles.